The number of imidazole rings is 1. The minimum Gasteiger partial charge on any atom is -0.374 e. The Morgan fingerprint density at radius 1 is 0.975 bits per heavy atom. The van der Waals surface area contributed by atoms with Crippen molar-refractivity contribution in [1.82, 2.24) is 35.1 Å². The van der Waals surface area contributed by atoms with E-state index in [1.807, 2.05) is 0 Å². The molecule has 6 aromatic rings. The van der Waals surface area contributed by atoms with Crippen molar-refractivity contribution < 1.29 is 13.9 Å². The molecule has 1 aromatic carbocycles. The van der Waals surface area contributed by atoms with Gasteiger partial charge in [-0.05, 0) is 42.7 Å². The maximum atomic E-state index is 16.1. The van der Waals surface area contributed by atoms with Crippen LogP contribution in [0.3, 0.4) is 0 Å². The van der Waals surface area contributed by atoms with Gasteiger partial charge in [0.1, 0.15) is 23.4 Å². The van der Waals surface area contributed by atoms with Crippen LogP contribution < -0.4 is 5.32 Å². The van der Waals surface area contributed by atoms with Crippen molar-refractivity contribution in [1.29, 1.82) is 0 Å². The molecule has 1 atom stereocenters. The van der Waals surface area contributed by atoms with Crippen LogP contribution in [0.5, 0.6) is 0 Å². The van der Waals surface area contributed by atoms with E-state index < -0.39 is 12.0 Å². The number of aliphatic hydroxyl groups excluding tert-OH is 1. The van der Waals surface area contributed by atoms with Crippen molar-refractivity contribution in [3.8, 4) is 33.9 Å². The van der Waals surface area contributed by atoms with Crippen LogP contribution in [0.4, 0.5) is 14.5 Å². The molecule has 40 heavy (non-hydrogen) atoms. The largest absolute Gasteiger partial charge is 0.374 e. The topological polar surface area (TPSA) is 128 Å². The zero-order valence-electron chi connectivity index (χ0n) is 21.2. The molecule has 4 N–H and O–H groups in total. The third-order valence-electron chi connectivity index (χ3n) is 7.47. The quantitative estimate of drug-likeness (QED) is 0.197. The Balaban J connectivity index is 1.28. The molecule has 0 spiro atoms. The smallest absolute Gasteiger partial charge is 0.178 e. The molecule has 1 fully saturated rings. The summed E-state index contributed by atoms with van der Waals surface area (Å²) in [4.78, 5) is 20.7. The fraction of sp³-hybridized carbons (Fsp3) is 0.207. The van der Waals surface area contributed by atoms with E-state index in [-0.39, 0.29) is 28.5 Å². The van der Waals surface area contributed by atoms with Gasteiger partial charge >= 0.3 is 0 Å². The van der Waals surface area contributed by atoms with Crippen molar-refractivity contribution in [3.63, 3.8) is 0 Å². The lowest BCUT2D eigenvalue weighted by atomic mass is 10.1. The minimum absolute atomic E-state index is 0.0938. The van der Waals surface area contributed by atoms with Gasteiger partial charge in [-0.25, -0.2) is 18.7 Å². The Bertz CT molecular complexity index is 1860. The molecule has 0 radical (unpaired) electrons. The number of hydrogen-bond acceptors (Lipinski definition) is 7. The Morgan fingerprint density at radius 2 is 1.85 bits per heavy atom. The number of nitrogens with zero attached hydrogens (tertiary/aromatic N) is 5. The van der Waals surface area contributed by atoms with Gasteiger partial charge in [-0.3, -0.25) is 15.1 Å². The van der Waals surface area contributed by atoms with Gasteiger partial charge in [-0.2, -0.15) is 5.10 Å². The molecule has 1 saturated carbocycles. The van der Waals surface area contributed by atoms with Crippen molar-refractivity contribution in [2.75, 3.05) is 5.32 Å². The highest BCUT2D eigenvalue weighted by Crippen LogP contribution is 2.35. The number of benzene rings is 1. The van der Waals surface area contributed by atoms with Gasteiger partial charge in [-0.15, -0.1) is 0 Å². The summed E-state index contributed by atoms with van der Waals surface area (Å²) < 4.78 is 30.0. The van der Waals surface area contributed by atoms with E-state index >= 15 is 4.39 Å². The molecule has 5 heterocycles. The number of halogens is 2. The first-order valence-electron chi connectivity index (χ1n) is 13.1. The number of nitrogens with one attached hydrogen (secondary N) is 3. The Kier molecular flexibility index (Phi) is 5.93. The zero-order chi connectivity index (χ0) is 27.2. The molecule has 1 unspecified atom stereocenters. The van der Waals surface area contributed by atoms with Crippen molar-refractivity contribution in [3.05, 3.63) is 72.8 Å². The summed E-state index contributed by atoms with van der Waals surface area (Å²) in [6.07, 6.45) is 9.69. The van der Waals surface area contributed by atoms with Crippen LogP contribution in [0, 0.1) is 17.6 Å². The Morgan fingerprint density at radius 3 is 2.70 bits per heavy atom. The monoisotopic (exact) mass is 538 g/mol. The molecular weight excluding hydrogens is 514 g/mol. The molecule has 1 aliphatic carbocycles. The van der Waals surface area contributed by atoms with E-state index in [9.17, 15) is 9.50 Å². The lowest BCUT2D eigenvalue weighted by Crippen LogP contribution is -2.26. The van der Waals surface area contributed by atoms with Crippen LogP contribution in [-0.2, 0) is 0 Å². The Hall–Kier alpha value is -4.77. The SMILES string of the molecule is OC(Nc1cncc(-c2ncc3[nH]nc(-c4nc5nccc(-c6cccc(F)c6)c5[nH]4)c3c2F)c1)C1CCCC1. The van der Waals surface area contributed by atoms with Crippen LogP contribution in [0.1, 0.15) is 25.7 Å². The lowest BCUT2D eigenvalue weighted by molar-refractivity contribution is 0.137. The summed E-state index contributed by atoms with van der Waals surface area (Å²) in [7, 11) is 0. The maximum absolute atomic E-state index is 16.1. The standard InChI is InChI=1S/C29H24F2N8O/c30-18-7-3-6-16(10-18)20-8-9-33-27-25(20)36-28(37-27)26-22-21(38-39-26)14-34-24(23(22)31)17-11-19(13-32-12-17)35-29(40)15-4-1-2-5-15/h3,6-15,29,35,40H,1-2,4-5H2,(H,38,39)(H,33,36,37). The minimum atomic E-state index is -0.695. The van der Waals surface area contributed by atoms with Crippen LogP contribution >= 0.6 is 0 Å². The molecule has 0 saturated heterocycles. The summed E-state index contributed by atoms with van der Waals surface area (Å²) >= 11 is 0. The van der Waals surface area contributed by atoms with Crippen molar-refractivity contribution in [2.45, 2.75) is 31.9 Å². The molecule has 0 aliphatic heterocycles. The van der Waals surface area contributed by atoms with Gasteiger partial charge in [0.15, 0.2) is 17.3 Å². The summed E-state index contributed by atoms with van der Waals surface area (Å²) in [5.41, 5.74) is 4.13. The summed E-state index contributed by atoms with van der Waals surface area (Å²) in [5.74, 6) is -0.454. The number of H-pyrrole nitrogens is 2. The fourth-order valence-electron chi connectivity index (χ4n) is 5.48. The molecule has 0 amide bonds. The molecule has 5 aromatic heterocycles. The normalized spacial score (nSPS) is 14.8. The second-order valence-corrected chi connectivity index (χ2v) is 10.0. The molecule has 11 heteroatoms. The van der Waals surface area contributed by atoms with E-state index in [0.29, 0.717) is 44.9 Å². The maximum Gasteiger partial charge on any atom is 0.178 e. The van der Waals surface area contributed by atoms with Crippen molar-refractivity contribution in [2.24, 2.45) is 5.92 Å². The number of hydrogen-bond donors (Lipinski definition) is 4. The summed E-state index contributed by atoms with van der Waals surface area (Å²) in [5, 5.41) is 21.0. The van der Waals surface area contributed by atoms with E-state index in [4.69, 9.17) is 0 Å². The average molecular weight is 539 g/mol. The highest BCUT2D eigenvalue weighted by Gasteiger charge is 2.24. The highest BCUT2D eigenvalue weighted by molar-refractivity contribution is 5.97. The number of pyridine rings is 3. The Labute approximate surface area is 226 Å². The number of anilines is 1. The fourth-order valence-corrected chi connectivity index (χ4v) is 5.48. The lowest BCUT2D eigenvalue weighted by Gasteiger charge is -2.20. The number of rotatable bonds is 6. The van der Waals surface area contributed by atoms with Gasteiger partial charge in [0, 0.05) is 29.4 Å². The van der Waals surface area contributed by atoms with Crippen LogP contribution in [-0.4, -0.2) is 46.5 Å². The number of fused-ring (bicyclic) bond motifs is 2. The first-order valence-corrected chi connectivity index (χ1v) is 13.1. The van der Waals surface area contributed by atoms with Crippen LogP contribution in [0.15, 0.2) is 61.2 Å². The summed E-state index contributed by atoms with van der Waals surface area (Å²) in [6.45, 7) is 0. The highest BCUT2D eigenvalue weighted by atomic mass is 19.1. The van der Waals surface area contributed by atoms with Gasteiger partial charge in [-0.1, -0.05) is 25.0 Å². The summed E-state index contributed by atoms with van der Waals surface area (Å²) in [6, 6.07) is 9.72. The first-order chi connectivity index (χ1) is 19.5. The molecule has 1 aliphatic rings. The number of aliphatic hydroxyl groups is 1. The van der Waals surface area contributed by atoms with Crippen molar-refractivity contribution >= 4 is 27.8 Å². The van der Waals surface area contributed by atoms with E-state index in [0.717, 1.165) is 25.7 Å². The predicted octanol–water partition coefficient (Wildman–Crippen LogP) is 5.82. The zero-order valence-corrected chi connectivity index (χ0v) is 21.2. The predicted molar refractivity (Wildman–Crippen MR) is 147 cm³/mol. The number of aromatic nitrogens is 7. The van der Waals surface area contributed by atoms with Gasteiger partial charge < -0.3 is 15.4 Å². The average Bonchev–Trinajstić information content (AvgIpc) is 3.73. The van der Waals surface area contributed by atoms with Gasteiger partial charge in [0.2, 0.25) is 0 Å². The third-order valence-corrected chi connectivity index (χ3v) is 7.47. The van der Waals surface area contributed by atoms with E-state index in [1.165, 1.54) is 24.5 Å². The third kappa shape index (κ3) is 4.24. The van der Waals surface area contributed by atoms with Crippen LogP contribution in [0.25, 0.3) is 56.0 Å². The van der Waals surface area contributed by atoms with Gasteiger partial charge in [0.25, 0.3) is 0 Å². The molecule has 0 bridgehead atoms. The molecule has 7 rings (SSSR count). The molecular formula is C29H24F2N8O. The second-order valence-electron chi connectivity index (χ2n) is 10.0. The van der Waals surface area contributed by atoms with E-state index in [1.54, 1.807) is 36.7 Å². The second kappa shape index (κ2) is 9.76. The number of aromatic amines is 2. The van der Waals surface area contributed by atoms with E-state index in [2.05, 4.69) is 40.4 Å². The molecule has 200 valence electrons. The molecule has 9 nitrogen and oxygen atoms in total. The first kappa shape index (κ1) is 24.3. The van der Waals surface area contributed by atoms with Crippen LogP contribution in [0.2, 0.25) is 0 Å². The van der Waals surface area contributed by atoms with Gasteiger partial charge in [0.05, 0.1) is 34.5 Å².